The van der Waals surface area contributed by atoms with Crippen LogP contribution in [0.4, 0.5) is 0 Å². The number of hydrogen-bond acceptors (Lipinski definition) is 7. The van der Waals surface area contributed by atoms with Crippen LogP contribution < -0.4 is 15.3 Å². The third-order valence-corrected chi connectivity index (χ3v) is 1.25. The Bertz CT molecular complexity index is 233. The SMILES string of the molecule is O=C([O-])CC(O)(CC(=O)[O-])C(=O)[O-].[Be+2]. The predicted octanol–water partition coefficient (Wildman–Crippen LogP) is -5.63. The first-order chi connectivity index (χ1) is 5.78. The van der Waals surface area contributed by atoms with Crippen molar-refractivity contribution in [2.24, 2.45) is 0 Å². The van der Waals surface area contributed by atoms with Crippen molar-refractivity contribution < 1.29 is 34.8 Å². The summed E-state index contributed by atoms with van der Waals surface area (Å²) in [5, 5.41) is 38.9. The molecule has 0 aromatic carbocycles. The number of carbonyl (C=O) groups excluding carboxylic acids is 3. The van der Waals surface area contributed by atoms with E-state index in [1.807, 2.05) is 0 Å². The van der Waals surface area contributed by atoms with Gasteiger partial charge >= 0.3 is 10.1 Å². The van der Waals surface area contributed by atoms with E-state index in [0.29, 0.717) is 0 Å². The van der Waals surface area contributed by atoms with Crippen LogP contribution in [0, 0.1) is 0 Å². The average Bonchev–Trinajstić information content (AvgIpc) is 1.82. The molecule has 0 amide bonds. The van der Waals surface area contributed by atoms with Gasteiger partial charge in [-0.25, -0.2) is 0 Å². The maximum Gasteiger partial charge on any atom is 2.00 e. The van der Waals surface area contributed by atoms with Crippen LogP contribution in [-0.2, 0) is 14.4 Å². The summed E-state index contributed by atoms with van der Waals surface area (Å²) in [7, 11) is 0. The van der Waals surface area contributed by atoms with Crippen LogP contribution in [0.1, 0.15) is 12.8 Å². The monoisotopic (exact) mass is 198 g/mol. The minimum Gasteiger partial charge on any atom is -0.550 e. The van der Waals surface area contributed by atoms with E-state index < -0.39 is 36.4 Å². The van der Waals surface area contributed by atoms with Gasteiger partial charge in [0.05, 0.1) is 5.97 Å². The zero-order valence-electron chi connectivity index (χ0n) is 7.02. The van der Waals surface area contributed by atoms with Crippen molar-refractivity contribution in [2.75, 3.05) is 0 Å². The second kappa shape index (κ2) is 5.31. The van der Waals surface area contributed by atoms with E-state index in [4.69, 9.17) is 5.11 Å². The Morgan fingerprint density at radius 3 is 1.43 bits per heavy atom. The molecule has 0 aliphatic heterocycles. The number of rotatable bonds is 5. The molecule has 0 saturated heterocycles. The van der Waals surface area contributed by atoms with Crippen molar-refractivity contribution in [3.05, 3.63) is 0 Å². The number of hydrogen-bond donors (Lipinski definition) is 1. The van der Waals surface area contributed by atoms with Gasteiger partial charge in [-0.05, 0) is 0 Å². The molecule has 1 N–H and O–H groups in total. The second-order valence-electron chi connectivity index (χ2n) is 2.42. The molecule has 0 heterocycles. The topological polar surface area (TPSA) is 141 Å². The van der Waals surface area contributed by atoms with E-state index in [1.165, 1.54) is 0 Å². The molecule has 8 heteroatoms. The van der Waals surface area contributed by atoms with Crippen LogP contribution in [0.3, 0.4) is 0 Å². The van der Waals surface area contributed by atoms with Crippen molar-refractivity contribution in [3.8, 4) is 0 Å². The van der Waals surface area contributed by atoms with Crippen LogP contribution in [0.2, 0.25) is 0 Å². The largest absolute Gasteiger partial charge is 2.00 e. The van der Waals surface area contributed by atoms with Gasteiger partial charge in [0.25, 0.3) is 0 Å². The van der Waals surface area contributed by atoms with Crippen LogP contribution >= 0.6 is 0 Å². The van der Waals surface area contributed by atoms with E-state index >= 15 is 0 Å². The van der Waals surface area contributed by atoms with Gasteiger partial charge in [-0.2, -0.15) is 0 Å². The van der Waals surface area contributed by atoms with Crippen LogP contribution in [0.15, 0.2) is 0 Å². The predicted molar refractivity (Wildman–Crippen MR) is 35.0 cm³/mol. The quantitative estimate of drug-likeness (QED) is 0.434. The maximum absolute atomic E-state index is 10.1. The third kappa shape index (κ3) is 4.54. The number of aliphatic hydroxyl groups is 1. The normalized spacial score (nSPS) is 10.1. The van der Waals surface area contributed by atoms with Crippen molar-refractivity contribution in [1.29, 1.82) is 0 Å². The summed E-state index contributed by atoms with van der Waals surface area (Å²) < 4.78 is 0. The van der Waals surface area contributed by atoms with Gasteiger partial charge < -0.3 is 34.8 Å². The standard InChI is InChI=1S/C6H8O7.Be/c7-3(8)1-6(13,5(11)12)2-4(9)10;/h13H,1-2H2,(H,7,8)(H,9,10)(H,11,12);/q;+2/p-3. The molecule has 0 bridgehead atoms. The molecule has 0 aromatic rings. The Labute approximate surface area is 82.2 Å². The summed E-state index contributed by atoms with van der Waals surface area (Å²) in [6.07, 6.45) is -2.72. The summed E-state index contributed by atoms with van der Waals surface area (Å²) in [6.45, 7) is 0. The zero-order chi connectivity index (χ0) is 10.6. The maximum atomic E-state index is 10.1. The fourth-order valence-corrected chi connectivity index (χ4v) is 0.684. The van der Waals surface area contributed by atoms with Gasteiger partial charge in [0.2, 0.25) is 0 Å². The van der Waals surface area contributed by atoms with Gasteiger partial charge in [0.15, 0.2) is 0 Å². The molecule has 7 nitrogen and oxygen atoms in total. The molecule has 0 radical (unpaired) electrons. The van der Waals surface area contributed by atoms with E-state index in [9.17, 15) is 29.7 Å². The Kier molecular flexibility index (Phi) is 5.70. The number of aliphatic carboxylic acids is 3. The van der Waals surface area contributed by atoms with E-state index in [2.05, 4.69) is 0 Å². The van der Waals surface area contributed by atoms with Gasteiger partial charge in [0.1, 0.15) is 5.60 Å². The van der Waals surface area contributed by atoms with Gasteiger partial charge in [0, 0.05) is 24.8 Å². The van der Waals surface area contributed by atoms with Gasteiger partial charge in [-0.1, -0.05) is 0 Å². The average molecular weight is 198 g/mol. The van der Waals surface area contributed by atoms with Crippen molar-refractivity contribution >= 4 is 28.0 Å². The number of carboxylic acids is 3. The Morgan fingerprint density at radius 2 is 1.29 bits per heavy atom. The van der Waals surface area contributed by atoms with Crippen LogP contribution in [0.25, 0.3) is 0 Å². The molecule has 0 rings (SSSR count). The first-order valence-electron chi connectivity index (χ1n) is 3.11. The molecule has 74 valence electrons. The van der Waals surface area contributed by atoms with Crippen molar-refractivity contribution in [2.45, 2.75) is 18.4 Å². The van der Waals surface area contributed by atoms with E-state index in [1.54, 1.807) is 0 Å². The second-order valence-corrected chi connectivity index (χ2v) is 2.42. The molecule has 0 atom stereocenters. The molecule has 0 fully saturated rings. The zero-order valence-corrected chi connectivity index (χ0v) is 7.02. The molecule has 14 heavy (non-hydrogen) atoms. The Hall–Kier alpha value is -1.46. The fourth-order valence-electron chi connectivity index (χ4n) is 0.684. The Balaban J connectivity index is 0. The van der Waals surface area contributed by atoms with Crippen molar-refractivity contribution in [1.82, 2.24) is 0 Å². The third-order valence-electron chi connectivity index (χ3n) is 1.25. The minimum absolute atomic E-state index is 0. The molecular formula is C6H5BeO7-. The summed E-state index contributed by atoms with van der Waals surface area (Å²) in [4.78, 5) is 30.0. The first-order valence-corrected chi connectivity index (χ1v) is 3.11. The minimum atomic E-state index is -2.97. The summed E-state index contributed by atoms with van der Waals surface area (Å²) in [6, 6.07) is 0. The number of carbonyl (C=O) groups is 3. The molecule has 0 spiro atoms. The van der Waals surface area contributed by atoms with Crippen LogP contribution in [-0.4, -0.2) is 38.7 Å². The van der Waals surface area contributed by atoms with Crippen molar-refractivity contribution in [3.63, 3.8) is 0 Å². The molecule has 0 aliphatic carbocycles. The van der Waals surface area contributed by atoms with E-state index in [-0.39, 0.29) is 10.1 Å². The summed E-state index contributed by atoms with van der Waals surface area (Å²) >= 11 is 0. The fraction of sp³-hybridized carbons (Fsp3) is 0.500. The summed E-state index contributed by atoms with van der Waals surface area (Å²) in [5.41, 5.74) is -2.97. The smallest absolute Gasteiger partial charge is 0.550 e. The van der Waals surface area contributed by atoms with E-state index in [0.717, 1.165) is 0 Å². The summed E-state index contributed by atoms with van der Waals surface area (Å²) in [5.74, 6) is -5.98. The number of carboxylic acid groups (broad SMARTS) is 3. The molecule has 0 aliphatic rings. The van der Waals surface area contributed by atoms with Gasteiger partial charge in [-0.15, -0.1) is 0 Å². The molecule has 0 saturated carbocycles. The molecule has 0 aromatic heterocycles. The molecular weight excluding hydrogens is 193 g/mol. The van der Waals surface area contributed by atoms with Gasteiger partial charge in [-0.3, -0.25) is 0 Å². The van der Waals surface area contributed by atoms with Crippen LogP contribution in [0.5, 0.6) is 0 Å². The molecule has 0 unspecified atom stereocenters. The Morgan fingerprint density at radius 1 is 1.00 bits per heavy atom. The first kappa shape index (κ1) is 15.0.